The Morgan fingerprint density at radius 3 is 2.05 bits per heavy atom. The van der Waals surface area contributed by atoms with Crippen LogP contribution < -0.4 is 0 Å². The SMILES string of the molecule is O=C1c2ccccc2C(=O)c2c1cc(CO)c(O)c2O. The number of aliphatic hydroxyl groups excluding tert-OH is 1. The van der Waals surface area contributed by atoms with Crippen molar-refractivity contribution in [2.75, 3.05) is 0 Å². The molecule has 20 heavy (non-hydrogen) atoms. The zero-order valence-electron chi connectivity index (χ0n) is 10.3. The Bertz CT molecular complexity index is 761. The molecule has 0 spiro atoms. The van der Waals surface area contributed by atoms with Gasteiger partial charge in [0.2, 0.25) is 0 Å². The molecule has 0 saturated carbocycles. The number of ketones is 2. The van der Waals surface area contributed by atoms with Gasteiger partial charge in [0.05, 0.1) is 12.2 Å². The predicted molar refractivity (Wildman–Crippen MR) is 69.0 cm³/mol. The van der Waals surface area contributed by atoms with Gasteiger partial charge in [0.15, 0.2) is 23.1 Å². The van der Waals surface area contributed by atoms with Crippen molar-refractivity contribution < 1.29 is 24.9 Å². The van der Waals surface area contributed by atoms with E-state index in [1.807, 2.05) is 0 Å². The molecule has 1 aliphatic rings. The lowest BCUT2D eigenvalue weighted by atomic mass is 9.82. The van der Waals surface area contributed by atoms with Crippen LogP contribution in [0, 0.1) is 0 Å². The third kappa shape index (κ3) is 1.47. The Balaban J connectivity index is 2.36. The quantitative estimate of drug-likeness (QED) is 0.580. The highest BCUT2D eigenvalue weighted by Gasteiger charge is 2.33. The summed E-state index contributed by atoms with van der Waals surface area (Å²) in [4.78, 5) is 24.7. The van der Waals surface area contributed by atoms with Crippen molar-refractivity contribution in [2.24, 2.45) is 0 Å². The first-order valence-corrected chi connectivity index (χ1v) is 5.93. The summed E-state index contributed by atoms with van der Waals surface area (Å²) in [6.45, 7) is -0.546. The summed E-state index contributed by atoms with van der Waals surface area (Å²) in [5.74, 6) is -2.18. The van der Waals surface area contributed by atoms with Crippen molar-refractivity contribution in [1.82, 2.24) is 0 Å². The number of aliphatic hydroxyl groups is 1. The molecule has 0 atom stereocenters. The minimum absolute atomic E-state index is 0.00165. The van der Waals surface area contributed by atoms with E-state index < -0.39 is 29.7 Å². The van der Waals surface area contributed by atoms with Gasteiger partial charge in [0.25, 0.3) is 0 Å². The van der Waals surface area contributed by atoms with Crippen LogP contribution in [-0.4, -0.2) is 26.9 Å². The highest BCUT2D eigenvalue weighted by molar-refractivity contribution is 6.29. The summed E-state index contributed by atoms with van der Waals surface area (Å²) in [5, 5.41) is 28.8. The van der Waals surface area contributed by atoms with E-state index in [9.17, 15) is 19.8 Å². The van der Waals surface area contributed by atoms with Gasteiger partial charge in [-0.25, -0.2) is 0 Å². The van der Waals surface area contributed by atoms with Crippen LogP contribution in [-0.2, 0) is 6.61 Å². The largest absolute Gasteiger partial charge is 0.504 e. The first-order chi connectivity index (χ1) is 9.56. The predicted octanol–water partition coefficient (Wildman–Crippen LogP) is 1.37. The number of phenolic OH excluding ortho intramolecular Hbond substituents is 1. The Morgan fingerprint density at radius 2 is 1.45 bits per heavy atom. The van der Waals surface area contributed by atoms with Crippen LogP contribution in [0.4, 0.5) is 0 Å². The Kier molecular flexibility index (Phi) is 2.59. The maximum atomic E-state index is 12.4. The molecular formula is C15H10O5. The number of benzene rings is 2. The summed E-state index contributed by atoms with van der Waals surface area (Å²) in [6, 6.07) is 7.52. The molecule has 100 valence electrons. The number of phenols is 2. The van der Waals surface area contributed by atoms with Crippen molar-refractivity contribution in [1.29, 1.82) is 0 Å². The summed E-state index contributed by atoms with van der Waals surface area (Å²) >= 11 is 0. The molecule has 0 fully saturated rings. The molecule has 3 N–H and O–H groups in total. The first kappa shape index (κ1) is 12.4. The van der Waals surface area contributed by atoms with Crippen LogP contribution in [0.25, 0.3) is 0 Å². The smallest absolute Gasteiger partial charge is 0.198 e. The number of carbonyl (C=O) groups excluding carboxylic acids is 2. The maximum absolute atomic E-state index is 12.4. The maximum Gasteiger partial charge on any atom is 0.198 e. The van der Waals surface area contributed by atoms with Gasteiger partial charge in [-0.1, -0.05) is 24.3 Å². The van der Waals surface area contributed by atoms with E-state index in [-0.39, 0.29) is 27.8 Å². The summed E-state index contributed by atoms with van der Waals surface area (Å²) in [5.41, 5.74) is 0.216. The average Bonchev–Trinajstić information content (AvgIpc) is 2.47. The van der Waals surface area contributed by atoms with Crippen molar-refractivity contribution in [3.05, 3.63) is 58.1 Å². The molecule has 0 heterocycles. The molecule has 5 heteroatoms. The van der Waals surface area contributed by atoms with Crippen molar-refractivity contribution >= 4 is 11.6 Å². The lowest BCUT2D eigenvalue weighted by Crippen LogP contribution is -2.21. The van der Waals surface area contributed by atoms with Gasteiger partial charge in [-0.2, -0.15) is 0 Å². The van der Waals surface area contributed by atoms with Gasteiger partial charge in [0.1, 0.15) is 0 Å². The lowest BCUT2D eigenvalue weighted by Gasteiger charge is -2.19. The molecule has 0 radical (unpaired) electrons. The van der Waals surface area contributed by atoms with Crippen LogP contribution in [0.3, 0.4) is 0 Å². The molecule has 5 nitrogen and oxygen atoms in total. The van der Waals surface area contributed by atoms with E-state index in [1.165, 1.54) is 18.2 Å². The Labute approximate surface area is 113 Å². The summed E-state index contributed by atoms with van der Waals surface area (Å²) < 4.78 is 0. The van der Waals surface area contributed by atoms with Gasteiger partial charge >= 0.3 is 0 Å². The molecule has 0 saturated heterocycles. The molecule has 3 rings (SSSR count). The standard InChI is InChI=1S/C15H10O5/c16-6-7-5-10-11(15(20)12(7)17)14(19)9-4-2-1-3-8(9)13(10)18/h1-5,16-17,20H,6H2. The van der Waals surface area contributed by atoms with Gasteiger partial charge in [-0.3, -0.25) is 9.59 Å². The lowest BCUT2D eigenvalue weighted by molar-refractivity contribution is 0.0975. The van der Waals surface area contributed by atoms with Crippen LogP contribution >= 0.6 is 0 Å². The second-order valence-electron chi connectivity index (χ2n) is 4.52. The highest BCUT2D eigenvalue weighted by Crippen LogP contribution is 2.40. The number of aromatic hydroxyl groups is 2. The van der Waals surface area contributed by atoms with E-state index in [1.54, 1.807) is 12.1 Å². The van der Waals surface area contributed by atoms with Crippen molar-refractivity contribution in [3.8, 4) is 11.5 Å². The van der Waals surface area contributed by atoms with Gasteiger partial charge < -0.3 is 15.3 Å². The monoisotopic (exact) mass is 270 g/mol. The van der Waals surface area contributed by atoms with Gasteiger partial charge in [0, 0.05) is 22.3 Å². The third-order valence-electron chi connectivity index (χ3n) is 3.41. The molecule has 0 aliphatic heterocycles. The van der Waals surface area contributed by atoms with Crippen molar-refractivity contribution in [2.45, 2.75) is 6.61 Å². The summed E-state index contributed by atoms with van der Waals surface area (Å²) in [7, 11) is 0. The summed E-state index contributed by atoms with van der Waals surface area (Å²) in [6.07, 6.45) is 0. The topological polar surface area (TPSA) is 94.8 Å². The number of rotatable bonds is 1. The Hall–Kier alpha value is -2.66. The van der Waals surface area contributed by atoms with Crippen LogP contribution in [0.1, 0.15) is 37.4 Å². The Morgan fingerprint density at radius 1 is 0.850 bits per heavy atom. The molecule has 0 bridgehead atoms. The zero-order chi connectivity index (χ0) is 14.4. The average molecular weight is 270 g/mol. The highest BCUT2D eigenvalue weighted by atomic mass is 16.3. The van der Waals surface area contributed by atoms with Crippen molar-refractivity contribution in [3.63, 3.8) is 0 Å². The van der Waals surface area contributed by atoms with Gasteiger partial charge in [-0.05, 0) is 6.07 Å². The number of carbonyl (C=O) groups is 2. The second kappa shape index (κ2) is 4.18. The molecule has 2 aromatic carbocycles. The first-order valence-electron chi connectivity index (χ1n) is 5.93. The minimum Gasteiger partial charge on any atom is -0.504 e. The van der Waals surface area contributed by atoms with Crippen LogP contribution in [0.5, 0.6) is 11.5 Å². The minimum atomic E-state index is -0.667. The van der Waals surface area contributed by atoms with Crippen LogP contribution in [0.15, 0.2) is 30.3 Å². The molecule has 0 amide bonds. The van der Waals surface area contributed by atoms with Gasteiger partial charge in [-0.15, -0.1) is 0 Å². The second-order valence-corrected chi connectivity index (χ2v) is 4.52. The number of hydrogen-bond acceptors (Lipinski definition) is 5. The van der Waals surface area contributed by atoms with E-state index in [0.717, 1.165) is 0 Å². The fourth-order valence-electron chi connectivity index (χ4n) is 2.40. The molecule has 0 unspecified atom stereocenters. The fraction of sp³-hybridized carbons (Fsp3) is 0.0667. The number of fused-ring (bicyclic) bond motifs is 2. The molecule has 1 aliphatic carbocycles. The third-order valence-corrected chi connectivity index (χ3v) is 3.41. The number of hydrogen-bond donors (Lipinski definition) is 3. The zero-order valence-corrected chi connectivity index (χ0v) is 10.3. The van der Waals surface area contributed by atoms with E-state index in [0.29, 0.717) is 0 Å². The fourth-order valence-corrected chi connectivity index (χ4v) is 2.40. The normalized spacial score (nSPS) is 13.1. The molecule has 2 aromatic rings. The van der Waals surface area contributed by atoms with Crippen LogP contribution in [0.2, 0.25) is 0 Å². The van der Waals surface area contributed by atoms with E-state index in [2.05, 4.69) is 0 Å². The molecule has 0 aromatic heterocycles. The van der Waals surface area contributed by atoms with E-state index >= 15 is 0 Å². The molecular weight excluding hydrogens is 260 g/mol. The van der Waals surface area contributed by atoms with E-state index in [4.69, 9.17) is 5.11 Å².